The highest BCUT2D eigenvalue weighted by Gasteiger charge is 2.30. The number of carbonyl (C=O) groups excluding carboxylic acids is 1. The zero-order chi connectivity index (χ0) is 14.5. The van der Waals surface area contributed by atoms with Gasteiger partial charge in [-0.3, -0.25) is 4.79 Å². The standard InChI is InChI=1S/C15H22N2O3/c1-10(12-5-3-4-6-13(12)19-2)17-15(18)14-8-7-11(9-16)20-14/h3-6,10-11,14H,7-9,16H2,1-2H3,(H,17,18)/t10-,11?,14?/m0/s1. The number of hydrogen-bond acceptors (Lipinski definition) is 4. The van der Waals surface area contributed by atoms with E-state index in [-0.39, 0.29) is 24.2 Å². The van der Waals surface area contributed by atoms with Crippen LogP contribution in [0.1, 0.15) is 31.4 Å². The number of rotatable bonds is 5. The van der Waals surface area contributed by atoms with Crippen LogP contribution in [0.3, 0.4) is 0 Å². The molecule has 3 atom stereocenters. The fourth-order valence-corrected chi connectivity index (χ4v) is 2.48. The van der Waals surface area contributed by atoms with Crippen LogP contribution in [0.2, 0.25) is 0 Å². The lowest BCUT2D eigenvalue weighted by molar-refractivity contribution is -0.132. The molecule has 0 spiro atoms. The molecule has 0 saturated carbocycles. The van der Waals surface area contributed by atoms with Crippen LogP contribution >= 0.6 is 0 Å². The van der Waals surface area contributed by atoms with Crippen molar-refractivity contribution in [2.24, 2.45) is 5.73 Å². The number of amides is 1. The van der Waals surface area contributed by atoms with E-state index in [4.69, 9.17) is 15.2 Å². The molecule has 1 amide bonds. The number of benzene rings is 1. The first-order chi connectivity index (χ1) is 9.65. The van der Waals surface area contributed by atoms with Gasteiger partial charge in [-0.1, -0.05) is 18.2 Å². The summed E-state index contributed by atoms with van der Waals surface area (Å²) >= 11 is 0. The Morgan fingerprint density at radius 3 is 2.90 bits per heavy atom. The Balaban J connectivity index is 1.97. The molecule has 1 aromatic rings. The van der Waals surface area contributed by atoms with Crippen molar-refractivity contribution in [3.05, 3.63) is 29.8 Å². The smallest absolute Gasteiger partial charge is 0.249 e. The van der Waals surface area contributed by atoms with Gasteiger partial charge in [0.25, 0.3) is 0 Å². The molecule has 1 aliphatic heterocycles. The maximum absolute atomic E-state index is 12.2. The van der Waals surface area contributed by atoms with Gasteiger partial charge in [-0.2, -0.15) is 0 Å². The summed E-state index contributed by atoms with van der Waals surface area (Å²) in [4.78, 5) is 12.2. The highest BCUT2D eigenvalue weighted by molar-refractivity contribution is 5.81. The zero-order valence-corrected chi connectivity index (χ0v) is 12.0. The summed E-state index contributed by atoms with van der Waals surface area (Å²) in [6, 6.07) is 7.54. The second-order valence-corrected chi connectivity index (χ2v) is 5.03. The lowest BCUT2D eigenvalue weighted by atomic mass is 10.1. The predicted molar refractivity (Wildman–Crippen MR) is 76.5 cm³/mol. The highest BCUT2D eigenvalue weighted by Crippen LogP contribution is 2.25. The Kier molecular flexibility index (Phi) is 4.98. The average Bonchev–Trinajstić information content (AvgIpc) is 2.96. The summed E-state index contributed by atoms with van der Waals surface area (Å²) in [6.07, 6.45) is 1.19. The molecular weight excluding hydrogens is 256 g/mol. The Morgan fingerprint density at radius 1 is 1.50 bits per heavy atom. The number of methoxy groups -OCH3 is 1. The molecule has 110 valence electrons. The first-order valence-corrected chi connectivity index (χ1v) is 6.94. The normalized spacial score (nSPS) is 23.4. The van der Waals surface area contributed by atoms with Crippen molar-refractivity contribution in [1.82, 2.24) is 5.32 Å². The maximum Gasteiger partial charge on any atom is 0.249 e. The molecule has 1 saturated heterocycles. The van der Waals surface area contributed by atoms with Gasteiger partial charge in [0, 0.05) is 12.1 Å². The van der Waals surface area contributed by atoms with Gasteiger partial charge in [-0.25, -0.2) is 0 Å². The summed E-state index contributed by atoms with van der Waals surface area (Å²) in [6.45, 7) is 2.40. The van der Waals surface area contributed by atoms with E-state index in [0.717, 1.165) is 24.2 Å². The molecule has 3 N–H and O–H groups in total. The van der Waals surface area contributed by atoms with Crippen molar-refractivity contribution in [2.45, 2.75) is 38.0 Å². The van der Waals surface area contributed by atoms with E-state index in [1.54, 1.807) is 7.11 Å². The molecular formula is C15H22N2O3. The molecule has 0 bridgehead atoms. The first-order valence-electron chi connectivity index (χ1n) is 6.94. The Labute approximate surface area is 119 Å². The van der Waals surface area contributed by atoms with Crippen LogP contribution in [0.25, 0.3) is 0 Å². The third kappa shape index (κ3) is 3.29. The molecule has 1 fully saturated rings. The molecule has 2 unspecified atom stereocenters. The number of para-hydroxylation sites is 1. The van der Waals surface area contributed by atoms with Crippen molar-refractivity contribution in [3.8, 4) is 5.75 Å². The van der Waals surface area contributed by atoms with Crippen LogP contribution in [0.5, 0.6) is 5.75 Å². The number of hydrogen-bond donors (Lipinski definition) is 2. The van der Waals surface area contributed by atoms with Crippen LogP contribution in [0, 0.1) is 0 Å². The second-order valence-electron chi connectivity index (χ2n) is 5.03. The fraction of sp³-hybridized carbons (Fsp3) is 0.533. The summed E-state index contributed by atoms with van der Waals surface area (Å²) < 4.78 is 10.9. The van der Waals surface area contributed by atoms with Crippen LogP contribution in [0.15, 0.2) is 24.3 Å². The third-order valence-electron chi connectivity index (χ3n) is 3.63. The van der Waals surface area contributed by atoms with Crippen LogP contribution in [-0.4, -0.2) is 31.8 Å². The number of carbonyl (C=O) groups is 1. The summed E-state index contributed by atoms with van der Waals surface area (Å²) in [5.74, 6) is 0.687. The van der Waals surface area contributed by atoms with Gasteiger partial charge in [0.2, 0.25) is 5.91 Å². The van der Waals surface area contributed by atoms with E-state index in [9.17, 15) is 4.79 Å². The number of nitrogens with one attached hydrogen (secondary N) is 1. The summed E-state index contributed by atoms with van der Waals surface area (Å²) in [7, 11) is 1.62. The number of nitrogens with two attached hydrogens (primary N) is 1. The van der Waals surface area contributed by atoms with Gasteiger partial charge >= 0.3 is 0 Å². The largest absolute Gasteiger partial charge is 0.496 e. The van der Waals surface area contributed by atoms with E-state index in [0.29, 0.717) is 6.54 Å². The van der Waals surface area contributed by atoms with Crippen molar-refractivity contribution in [3.63, 3.8) is 0 Å². The minimum absolute atomic E-state index is 0.00678. The van der Waals surface area contributed by atoms with E-state index in [2.05, 4.69) is 5.32 Å². The van der Waals surface area contributed by atoms with Gasteiger partial charge in [-0.15, -0.1) is 0 Å². The van der Waals surface area contributed by atoms with Gasteiger partial charge in [0.05, 0.1) is 19.3 Å². The third-order valence-corrected chi connectivity index (χ3v) is 3.63. The van der Waals surface area contributed by atoms with Crippen LogP contribution in [0.4, 0.5) is 0 Å². The predicted octanol–water partition coefficient (Wildman–Crippen LogP) is 1.38. The van der Waals surface area contributed by atoms with Gasteiger partial charge in [0.15, 0.2) is 0 Å². The SMILES string of the molecule is COc1ccccc1[C@H](C)NC(=O)C1CCC(CN)O1. The van der Waals surface area contributed by atoms with E-state index < -0.39 is 0 Å². The highest BCUT2D eigenvalue weighted by atomic mass is 16.5. The van der Waals surface area contributed by atoms with Crippen LogP contribution in [-0.2, 0) is 9.53 Å². The molecule has 1 aromatic carbocycles. The molecule has 5 heteroatoms. The van der Waals surface area contributed by atoms with Crippen molar-refractivity contribution >= 4 is 5.91 Å². The Morgan fingerprint density at radius 2 is 2.25 bits per heavy atom. The van der Waals surface area contributed by atoms with Crippen LogP contribution < -0.4 is 15.8 Å². The molecule has 5 nitrogen and oxygen atoms in total. The number of ether oxygens (including phenoxy) is 2. The Hall–Kier alpha value is -1.59. The van der Waals surface area contributed by atoms with Crippen molar-refractivity contribution in [2.75, 3.05) is 13.7 Å². The van der Waals surface area contributed by atoms with Crippen molar-refractivity contribution < 1.29 is 14.3 Å². The first kappa shape index (κ1) is 14.8. The van der Waals surface area contributed by atoms with Gasteiger partial charge in [0.1, 0.15) is 11.9 Å². The Bertz CT molecular complexity index is 464. The molecule has 0 radical (unpaired) electrons. The lowest BCUT2D eigenvalue weighted by Crippen LogP contribution is -2.37. The monoisotopic (exact) mass is 278 g/mol. The quantitative estimate of drug-likeness (QED) is 0.853. The average molecular weight is 278 g/mol. The zero-order valence-electron chi connectivity index (χ0n) is 12.0. The van der Waals surface area contributed by atoms with E-state index >= 15 is 0 Å². The van der Waals surface area contributed by atoms with Gasteiger partial charge < -0.3 is 20.5 Å². The topological polar surface area (TPSA) is 73.6 Å². The second kappa shape index (κ2) is 6.72. The lowest BCUT2D eigenvalue weighted by Gasteiger charge is -2.19. The van der Waals surface area contributed by atoms with E-state index in [1.165, 1.54) is 0 Å². The molecule has 1 aliphatic rings. The minimum atomic E-state index is -0.388. The molecule has 0 aromatic heterocycles. The maximum atomic E-state index is 12.2. The minimum Gasteiger partial charge on any atom is -0.496 e. The molecule has 20 heavy (non-hydrogen) atoms. The van der Waals surface area contributed by atoms with Crippen molar-refractivity contribution in [1.29, 1.82) is 0 Å². The van der Waals surface area contributed by atoms with Gasteiger partial charge in [-0.05, 0) is 25.8 Å². The molecule has 0 aliphatic carbocycles. The van der Waals surface area contributed by atoms with E-state index in [1.807, 2.05) is 31.2 Å². The fourth-order valence-electron chi connectivity index (χ4n) is 2.48. The summed E-state index contributed by atoms with van der Waals surface area (Å²) in [5, 5.41) is 2.97. The molecule has 1 heterocycles. The molecule has 2 rings (SSSR count). The summed E-state index contributed by atoms with van der Waals surface area (Å²) in [5.41, 5.74) is 6.51.